The second-order valence-electron chi connectivity index (χ2n) is 3.32. The van der Waals surface area contributed by atoms with Gasteiger partial charge in [0.2, 0.25) is 0 Å². The van der Waals surface area contributed by atoms with Crippen molar-refractivity contribution in [2.24, 2.45) is 0 Å². The Balaban J connectivity index is 2.65. The maximum absolute atomic E-state index is 9.63. The van der Waals surface area contributed by atoms with Crippen molar-refractivity contribution in [2.75, 3.05) is 13.2 Å². The van der Waals surface area contributed by atoms with Crippen LogP contribution in [0, 0.1) is 0 Å². The molecule has 0 aromatic heterocycles. The predicted octanol–water partition coefficient (Wildman–Crippen LogP) is -2.01. The highest BCUT2D eigenvalue weighted by Crippen LogP contribution is 2.22. The van der Waals surface area contributed by atoms with Crippen molar-refractivity contribution in [2.45, 2.75) is 30.7 Å². The van der Waals surface area contributed by atoms with Crippen LogP contribution in [-0.4, -0.2) is 64.3 Å². The number of rotatable bonds is 4. The van der Waals surface area contributed by atoms with Gasteiger partial charge in [-0.15, -0.1) is 6.58 Å². The molecule has 0 aromatic rings. The first-order valence-corrected chi connectivity index (χ1v) is 4.64. The van der Waals surface area contributed by atoms with E-state index >= 15 is 0 Å². The summed E-state index contributed by atoms with van der Waals surface area (Å²) in [7, 11) is 0. The van der Waals surface area contributed by atoms with E-state index < -0.39 is 37.3 Å². The summed E-state index contributed by atoms with van der Waals surface area (Å²) in [6.07, 6.45) is -4.51. The smallest absolute Gasteiger partial charge is 0.184 e. The molecule has 1 aliphatic rings. The van der Waals surface area contributed by atoms with Crippen LogP contribution < -0.4 is 0 Å². The van der Waals surface area contributed by atoms with Gasteiger partial charge in [-0.3, -0.25) is 0 Å². The van der Waals surface area contributed by atoms with Crippen LogP contribution in [0.3, 0.4) is 0 Å². The molecule has 6 nitrogen and oxygen atoms in total. The van der Waals surface area contributed by atoms with Crippen molar-refractivity contribution in [3.63, 3.8) is 0 Å². The van der Waals surface area contributed by atoms with E-state index in [1.54, 1.807) is 0 Å². The van der Waals surface area contributed by atoms with Crippen molar-refractivity contribution < 1.29 is 29.9 Å². The first-order valence-electron chi connectivity index (χ1n) is 4.64. The first-order chi connectivity index (χ1) is 7.11. The fourth-order valence-corrected chi connectivity index (χ4v) is 1.44. The van der Waals surface area contributed by atoms with E-state index in [0.29, 0.717) is 0 Å². The molecule has 6 heteroatoms. The van der Waals surface area contributed by atoms with Gasteiger partial charge in [0.25, 0.3) is 0 Å². The predicted molar refractivity (Wildman–Crippen MR) is 49.9 cm³/mol. The lowest BCUT2D eigenvalue weighted by atomic mass is 9.99. The molecule has 0 bridgehead atoms. The lowest BCUT2D eigenvalue weighted by Crippen LogP contribution is -2.59. The largest absolute Gasteiger partial charge is 0.394 e. The Hall–Kier alpha value is -0.500. The lowest BCUT2D eigenvalue weighted by Gasteiger charge is -2.39. The van der Waals surface area contributed by atoms with E-state index in [2.05, 4.69) is 6.58 Å². The summed E-state index contributed by atoms with van der Waals surface area (Å²) in [5.74, 6) is 0. The Kier molecular flexibility index (Phi) is 4.65. The molecule has 0 spiro atoms. The zero-order valence-corrected chi connectivity index (χ0v) is 8.19. The third kappa shape index (κ3) is 2.75. The number of hydrogen-bond acceptors (Lipinski definition) is 6. The average Bonchev–Trinajstić information content (AvgIpc) is 2.23. The van der Waals surface area contributed by atoms with Crippen molar-refractivity contribution in [3.05, 3.63) is 12.7 Å². The molecule has 5 atom stereocenters. The number of ether oxygens (including phenoxy) is 2. The zero-order chi connectivity index (χ0) is 11.4. The molecule has 0 aromatic carbocycles. The Labute approximate surface area is 87.4 Å². The van der Waals surface area contributed by atoms with E-state index in [-0.39, 0.29) is 6.61 Å². The van der Waals surface area contributed by atoms with Gasteiger partial charge in [0.05, 0.1) is 13.2 Å². The summed E-state index contributed by atoms with van der Waals surface area (Å²) in [4.78, 5) is 0. The fraction of sp³-hybridized carbons (Fsp3) is 0.778. The highest BCUT2D eigenvalue weighted by Gasteiger charge is 2.44. The molecule has 1 aliphatic heterocycles. The van der Waals surface area contributed by atoms with Gasteiger partial charge < -0.3 is 29.9 Å². The molecular weight excluding hydrogens is 204 g/mol. The van der Waals surface area contributed by atoms with Crippen LogP contribution in [0.2, 0.25) is 0 Å². The van der Waals surface area contributed by atoms with E-state index in [9.17, 15) is 15.3 Å². The maximum Gasteiger partial charge on any atom is 0.184 e. The molecule has 0 amide bonds. The van der Waals surface area contributed by atoms with Gasteiger partial charge in [0.15, 0.2) is 6.29 Å². The minimum absolute atomic E-state index is 0.129. The quantitative estimate of drug-likeness (QED) is 0.408. The number of hydrogen-bond donors (Lipinski definition) is 4. The Morgan fingerprint density at radius 3 is 2.47 bits per heavy atom. The SMILES string of the molecule is C=CCO[C@@H]1[C@H](O)[C@@H](CO)OC(O)[C@H]1O. The van der Waals surface area contributed by atoms with E-state index in [4.69, 9.17) is 14.6 Å². The van der Waals surface area contributed by atoms with Crippen molar-refractivity contribution in [1.29, 1.82) is 0 Å². The van der Waals surface area contributed by atoms with Crippen LogP contribution in [0.1, 0.15) is 0 Å². The Morgan fingerprint density at radius 1 is 1.27 bits per heavy atom. The van der Waals surface area contributed by atoms with Gasteiger partial charge in [0.1, 0.15) is 24.4 Å². The van der Waals surface area contributed by atoms with Crippen LogP contribution >= 0.6 is 0 Å². The summed E-state index contributed by atoms with van der Waals surface area (Å²) in [6.45, 7) is 3.09. The van der Waals surface area contributed by atoms with Gasteiger partial charge in [0, 0.05) is 0 Å². The monoisotopic (exact) mass is 220 g/mol. The fourth-order valence-electron chi connectivity index (χ4n) is 1.44. The first kappa shape index (κ1) is 12.6. The summed E-state index contributed by atoms with van der Waals surface area (Å²) < 4.78 is 9.86. The number of aliphatic hydroxyl groups excluding tert-OH is 4. The standard InChI is InChI=1S/C9H16O6/c1-2-3-14-8-6(11)5(4-10)15-9(13)7(8)12/h2,5-13H,1,3-4H2/t5-,6-,7+,8-,9?/m1/s1. The van der Waals surface area contributed by atoms with E-state index in [1.807, 2.05) is 0 Å². The lowest BCUT2D eigenvalue weighted by molar-refractivity contribution is -0.292. The van der Waals surface area contributed by atoms with Gasteiger partial charge in [-0.2, -0.15) is 0 Å². The van der Waals surface area contributed by atoms with E-state index in [1.165, 1.54) is 6.08 Å². The molecule has 0 radical (unpaired) electrons. The molecule has 1 fully saturated rings. The molecule has 0 aliphatic carbocycles. The Bertz CT molecular complexity index is 209. The van der Waals surface area contributed by atoms with Crippen LogP contribution in [0.15, 0.2) is 12.7 Å². The molecule has 15 heavy (non-hydrogen) atoms. The molecule has 1 saturated heterocycles. The average molecular weight is 220 g/mol. The second kappa shape index (κ2) is 5.55. The van der Waals surface area contributed by atoms with Gasteiger partial charge in [-0.1, -0.05) is 6.08 Å². The van der Waals surface area contributed by atoms with Gasteiger partial charge in [-0.05, 0) is 0 Å². The van der Waals surface area contributed by atoms with Crippen molar-refractivity contribution in [3.8, 4) is 0 Å². The molecule has 1 rings (SSSR count). The van der Waals surface area contributed by atoms with Crippen LogP contribution in [-0.2, 0) is 9.47 Å². The minimum Gasteiger partial charge on any atom is -0.394 e. The molecule has 88 valence electrons. The van der Waals surface area contributed by atoms with Crippen LogP contribution in [0.25, 0.3) is 0 Å². The molecule has 1 heterocycles. The number of aliphatic hydroxyl groups is 4. The topological polar surface area (TPSA) is 99.4 Å². The second-order valence-corrected chi connectivity index (χ2v) is 3.32. The highest BCUT2D eigenvalue weighted by atomic mass is 16.6. The molecular formula is C9H16O6. The van der Waals surface area contributed by atoms with E-state index in [0.717, 1.165) is 0 Å². The normalized spacial score (nSPS) is 41.5. The van der Waals surface area contributed by atoms with Crippen LogP contribution in [0.5, 0.6) is 0 Å². The van der Waals surface area contributed by atoms with Crippen molar-refractivity contribution in [1.82, 2.24) is 0 Å². The maximum atomic E-state index is 9.63. The van der Waals surface area contributed by atoms with Crippen LogP contribution in [0.4, 0.5) is 0 Å². The van der Waals surface area contributed by atoms with Crippen molar-refractivity contribution >= 4 is 0 Å². The summed E-state index contributed by atoms with van der Waals surface area (Å²) in [6, 6.07) is 0. The van der Waals surface area contributed by atoms with Gasteiger partial charge >= 0.3 is 0 Å². The summed E-state index contributed by atoms with van der Waals surface area (Å²) >= 11 is 0. The highest BCUT2D eigenvalue weighted by molar-refractivity contribution is 4.90. The summed E-state index contributed by atoms with van der Waals surface area (Å²) in [5.41, 5.74) is 0. The third-order valence-electron chi connectivity index (χ3n) is 2.25. The third-order valence-corrected chi connectivity index (χ3v) is 2.25. The summed E-state index contributed by atoms with van der Waals surface area (Å²) in [5, 5.41) is 37.2. The van der Waals surface area contributed by atoms with Gasteiger partial charge in [-0.25, -0.2) is 0 Å². The molecule has 0 saturated carbocycles. The molecule has 1 unspecified atom stereocenters. The molecule has 4 N–H and O–H groups in total. The zero-order valence-electron chi connectivity index (χ0n) is 8.19. The minimum atomic E-state index is -1.47. The Morgan fingerprint density at radius 2 is 1.93 bits per heavy atom.